The molecule has 0 radical (unpaired) electrons. The third-order valence-corrected chi connectivity index (χ3v) is 9.37. The Hall–Kier alpha value is -5.38. The van der Waals surface area contributed by atoms with E-state index in [0.29, 0.717) is 5.56 Å². The van der Waals surface area contributed by atoms with E-state index < -0.39 is 5.97 Å². The predicted molar refractivity (Wildman–Crippen MR) is 194 cm³/mol. The van der Waals surface area contributed by atoms with Gasteiger partial charge in [0.1, 0.15) is 22.7 Å². The number of nitriles is 1. The zero-order valence-corrected chi connectivity index (χ0v) is 28.4. The quantitative estimate of drug-likeness (QED) is 0.146. The Bertz CT molecular complexity index is 2180. The van der Waals surface area contributed by atoms with Gasteiger partial charge in [-0.15, -0.1) is 0 Å². The molecule has 1 aromatic heterocycles. The number of hydrogen-bond acceptors (Lipinski definition) is 5. The van der Waals surface area contributed by atoms with Gasteiger partial charge in [-0.2, -0.15) is 14.0 Å². The van der Waals surface area contributed by atoms with Gasteiger partial charge in [0.2, 0.25) is 0 Å². The normalized spacial score (nSPS) is 11.6. The lowest BCUT2D eigenvalue weighted by molar-refractivity contribution is -0.132. The monoisotopic (exact) mass is 633 g/mol. The number of carboxylic acid groups (broad SMARTS) is 1. The topological polar surface area (TPSA) is 86.9 Å². The molecule has 47 heavy (non-hydrogen) atoms. The molecule has 0 unspecified atom stereocenters. The van der Waals surface area contributed by atoms with Crippen LogP contribution in [0.5, 0.6) is 0 Å². The molecule has 1 N–H and O–H groups in total. The van der Waals surface area contributed by atoms with Crippen molar-refractivity contribution in [3.8, 4) is 50.6 Å². The number of aliphatic carboxylic acids is 1. The molecule has 0 aliphatic rings. The highest BCUT2D eigenvalue weighted by Crippen LogP contribution is 2.46. The highest BCUT2D eigenvalue weighted by Gasteiger charge is 2.24. The molecule has 0 saturated carbocycles. The van der Waals surface area contributed by atoms with E-state index in [1.807, 2.05) is 24.3 Å². The maximum atomic E-state index is 11.3. The Balaban J connectivity index is 1.59. The molecular weight excluding hydrogens is 599 g/mol. The standard InChI is InChI=1S/C41H35N3O2S/c1-22-14-23(2)17-31(16-22)36-26(5)37(32-18-24(3)15-25(4)19-32)28(7)38(27(36)6)35-13-12-34(39-40(35)44-47-43-39)30-10-8-29(9-11-30)20-33(21-42)41(45)46/h8-20H,1-7H3,(H,45,46)/b33-20+. The van der Waals surface area contributed by atoms with Crippen LogP contribution in [-0.4, -0.2) is 19.8 Å². The Morgan fingerprint density at radius 1 is 0.638 bits per heavy atom. The first-order valence-corrected chi connectivity index (χ1v) is 16.2. The summed E-state index contributed by atoms with van der Waals surface area (Å²) in [4.78, 5) is 11.3. The number of carboxylic acids is 1. The summed E-state index contributed by atoms with van der Waals surface area (Å²) in [5.74, 6) is -1.24. The van der Waals surface area contributed by atoms with Gasteiger partial charge in [0, 0.05) is 11.1 Å². The highest BCUT2D eigenvalue weighted by molar-refractivity contribution is 7.00. The molecule has 0 saturated heterocycles. The zero-order chi connectivity index (χ0) is 33.6. The van der Waals surface area contributed by atoms with Gasteiger partial charge in [0.05, 0.1) is 11.7 Å². The van der Waals surface area contributed by atoms with Crippen LogP contribution in [0.3, 0.4) is 0 Å². The maximum absolute atomic E-state index is 11.3. The molecule has 232 valence electrons. The Kier molecular flexibility index (Phi) is 8.36. The molecule has 0 amide bonds. The lowest BCUT2D eigenvalue weighted by Crippen LogP contribution is -2.02. The van der Waals surface area contributed by atoms with E-state index in [0.717, 1.165) is 27.7 Å². The van der Waals surface area contributed by atoms with Crippen molar-refractivity contribution in [1.82, 2.24) is 8.75 Å². The average molecular weight is 634 g/mol. The van der Waals surface area contributed by atoms with Crippen LogP contribution in [0, 0.1) is 59.8 Å². The van der Waals surface area contributed by atoms with Crippen LogP contribution in [0.4, 0.5) is 0 Å². The van der Waals surface area contributed by atoms with Crippen LogP contribution >= 0.6 is 11.7 Å². The second-order valence-electron chi connectivity index (χ2n) is 12.5. The first-order valence-electron chi connectivity index (χ1n) is 15.5. The number of aromatic nitrogens is 2. The molecule has 0 aliphatic heterocycles. The van der Waals surface area contributed by atoms with Crippen LogP contribution in [0.25, 0.3) is 61.6 Å². The maximum Gasteiger partial charge on any atom is 0.346 e. The van der Waals surface area contributed by atoms with Crippen molar-refractivity contribution >= 4 is 34.8 Å². The van der Waals surface area contributed by atoms with E-state index in [-0.39, 0.29) is 5.57 Å². The lowest BCUT2D eigenvalue weighted by atomic mass is 9.79. The minimum absolute atomic E-state index is 0.308. The second kappa shape index (κ2) is 12.4. The number of nitrogens with zero attached hydrogens (tertiary/aromatic N) is 3. The molecule has 0 atom stereocenters. The van der Waals surface area contributed by atoms with Crippen molar-refractivity contribution in [2.45, 2.75) is 48.5 Å². The highest BCUT2D eigenvalue weighted by atomic mass is 32.1. The van der Waals surface area contributed by atoms with Crippen molar-refractivity contribution in [2.24, 2.45) is 0 Å². The third kappa shape index (κ3) is 5.87. The van der Waals surface area contributed by atoms with Gasteiger partial charge >= 0.3 is 5.97 Å². The fourth-order valence-electron chi connectivity index (χ4n) is 7.10. The van der Waals surface area contributed by atoms with Gasteiger partial charge in [-0.05, 0) is 110 Å². The minimum atomic E-state index is -1.24. The molecule has 5 aromatic carbocycles. The lowest BCUT2D eigenvalue weighted by Gasteiger charge is -2.24. The van der Waals surface area contributed by atoms with Gasteiger partial charge in [-0.3, -0.25) is 0 Å². The molecule has 0 bridgehead atoms. The second-order valence-corrected chi connectivity index (χ2v) is 13.0. The summed E-state index contributed by atoms with van der Waals surface area (Å²) in [6, 6.07) is 27.0. The number of rotatable bonds is 6. The molecule has 0 fully saturated rings. The fourth-order valence-corrected chi connectivity index (χ4v) is 7.67. The summed E-state index contributed by atoms with van der Waals surface area (Å²) in [5, 5.41) is 18.4. The smallest absolute Gasteiger partial charge is 0.346 e. The first-order chi connectivity index (χ1) is 22.5. The van der Waals surface area contributed by atoms with E-state index >= 15 is 0 Å². The van der Waals surface area contributed by atoms with E-state index in [2.05, 4.69) is 97.0 Å². The Morgan fingerprint density at radius 3 is 1.55 bits per heavy atom. The molecule has 6 rings (SSSR count). The molecule has 0 aliphatic carbocycles. The van der Waals surface area contributed by atoms with Crippen LogP contribution in [0.1, 0.15) is 44.5 Å². The van der Waals surface area contributed by atoms with Crippen molar-refractivity contribution in [3.05, 3.63) is 123 Å². The Labute approximate surface area is 279 Å². The van der Waals surface area contributed by atoms with Crippen molar-refractivity contribution in [2.75, 3.05) is 0 Å². The first kappa shape index (κ1) is 31.6. The minimum Gasteiger partial charge on any atom is -0.477 e. The van der Waals surface area contributed by atoms with Gasteiger partial charge in [-0.1, -0.05) is 95.1 Å². The van der Waals surface area contributed by atoms with Crippen LogP contribution in [0.15, 0.2) is 78.4 Å². The SMILES string of the molecule is Cc1cc(C)cc(-c2c(C)c(-c3cc(C)cc(C)c3)c(C)c(-c3ccc(-c4ccc(/C=C(\C#N)C(=O)O)cc4)c4nsnc34)c2C)c1. The van der Waals surface area contributed by atoms with Gasteiger partial charge in [0.15, 0.2) is 0 Å². The van der Waals surface area contributed by atoms with E-state index in [4.69, 9.17) is 14.0 Å². The molecule has 6 heteroatoms. The van der Waals surface area contributed by atoms with Crippen molar-refractivity contribution < 1.29 is 9.90 Å². The largest absolute Gasteiger partial charge is 0.477 e. The predicted octanol–water partition coefficient (Wildman–Crippen LogP) is 10.5. The van der Waals surface area contributed by atoms with E-state index in [1.54, 1.807) is 6.07 Å². The zero-order valence-electron chi connectivity index (χ0n) is 27.6. The van der Waals surface area contributed by atoms with Crippen molar-refractivity contribution in [1.29, 1.82) is 5.26 Å². The molecule has 0 spiro atoms. The number of fused-ring (bicyclic) bond motifs is 1. The number of carbonyl (C=O) groups is 1. The Morgan fingerprint density at radius 2 is 1.09 bits per heavy atom. The summed E-state index contributed by atoms with van der Waals surface area (Å²) in [5.41, 5.74) is 19.6. The van der Waals surface area contributed by atoms with Crippen LogP contribution < -0.4 is 0 Å². The molecule has 1 heterocycles. The van der Waals surface area contributed by atoms with Gasteiger partial charge in [-0.25, -0.2) is 4.79 Å². The number of benzene rings is 5. The number of hydrogen-bond donors (Lipinski definition) is 1. The summed E-state index contributed by atoms with van der Waals surface area (Å²) in [6.07, 6.45) is 1.37. The van der Waals surface area contributed by atoms with Crippen LogP contribution in [0.2, 0.25) is 0 Å². The molecule has 6 aromatic rings. The van der Waals surface area contributed by atoms with E-state index in [1.165, 1.54) is 84.6 Å². The summed E-state index contributed by atoms with van der Waals surface area (Å²) < 4.78 is 9.63. The van der Waals surface area contributed by atoms with Crippen LogP contribution in [-0.2, 0) is 4.79 Å². The summed E-state index contributed by atoms with van der Waals surface area (Å²) >= 11 is 1.20. The van der Waals surface area contributed by atoms with Gasteiger partial charge < -0.3 is 5.11 Å². The average Bonchev–Trinajstić information content (AvgIpc) is 3.50. The summed E-state index contributed by atoms with van der Waals surface area (Å²) in [6.45, 7) is 15.3. The third-order valence-electron chi connectivity index (χ3n) is 8.84. The van der Waals surface area contributed by atoms with Crippen molar-refractivity contribution in [3.63, 3.8) is 0 Å². The molecular formula is C41H35N3O2S. The molecule has 5 nitrogen and oxygen atoms in total. The summed E-state index contributed by atoms with van der Waals surface area (Å²) in [7, 11) is 0. The fraction of sp³-hybridized carbons (Fsp3) is 0.171. The van der Waals surface area contributed by atoms with Gasteiger partial charge in [0.25, 0.3) is 0 Å². The van der Waals surface area contributed by atoms with E-state index in [9.17, 15) is 9.90 Å². The number of aryl methyl sites for hydroxylation is 4.